The Kier molecular flexibility index (Phi) is 3.69. The van der Waals surface area contributed by atoms with Gasteiger partial charge in [-0.15, -0.1) is 0 Å². The molecule has 0 aromatic heterocycles. The fourth-order valence-electron chi connectivity index (χ4n) is 0.478. The highest BCUT2D eigenvalue weighted by Crippen LogP contribution is 2.06. The lowest BCUT2D eigenvalue weighted by atomic mass is 10.2. The zero-order valence-corrected chi connectivity index (χ0v) is 7.46. The van der Waals surface area contributed by atoms with Crippen LogP contribution < -0.4 is 11.1 Å². The van der Waals surface area contributed by atoms with Gasteiger partial charge in [-0.05, 0) is 20.8 Å². The second kappa shape index (κ2) is 4.06. The Hall–Kier alpha value is -1.10. The number of ether oxygens (including phenoxy) is 1. The SMILES string of the molecule is CC(C)(C)OC(=O)NC(N)C=O. The maximum atomic E-state index is 10.9. The summed E-state index contributed by atoms with van der Waals surface area (Å²) in [6, 6.07) is 0. The molecule has 0 aliphatic heterocycles. The van der Waals surface area contributed by atoms with Crippen LogP contribution in [0, 0.1) is 0 Å². The average molecular weight is 174 g/mol. The summed E-state index contributed by atoms with van der Waals surface area (Å²) < 4.78 is 4.82. The fourth-order valence-corrected chi connectivity index (χ4v) is 0.478. The van der Waals surface area contributed by atoms with Gasteiger partial charge in [0.05, 0.1) is 0 Å². The molecular formula is C7H14N2O3. The zero-order valence-electron chi connectivity index (χ0n) is 7.46. The summed E-state index contributed by atoms with van der Waals surface area (Å²) >= 11 is 0. The van der Waals surface area contributed by atoms with Crippen LogP contribution in [-0.4, -0.2) is 24.1 Å². The Morgan fingerprint density at radius 2 is 2.08 bits per heavy atom. The van der Waals surface area contributed by atoms with Gasteiger partial charge in [-0.2, -0.15) is 0 Å². The van der Waals surface area contributed by atoms with Gasteiger partial charge in [-0.25, -0.2) is 4.79 Å². The van der Waals surface area contributed by atoms with Crippen molar-refractivity contribution in [2.24, 2.45) is 5.73 Å². The molecular weight excluding hydrogens is 160 g/mol. The third kappa shape index (κ3) is 5.67. The number of carbonyl (C=O) groups is 2. The molecule has 5 nitrogen and oxygen atoms in total. The summed E-state index contributed by atoms with van der Waals surface area (Å²) in [5, 5.41) is 2.13. The largest absolute Gasteiger partial charge is 0.444 e. The molecule has 1 amide bonds. The molecule has 0 aromatic rings. The van der Waals surface area contributed by atoms with Crippen molar-refractivity contribution in [2.45, 2.75) is 32.5 Å². The lowest BCUT2D eigenvalue weighted by Crippen LogP contribution is -2.44. The van der Waals surface area contributed by atoms with Crippen molar-refractivity contribution in [2.75, 3.05) is 0 Å². The van der Waals surface area contributed by atoms with E-state index in [9.17, 15) is 9.59 Å². The molecule has 0 rings (SSSR count). The summed E-state index contributed by atoms with van der Waals surface area (Å²) in [6.45, 7) is 5.16. The van der Waals surface area contributed by atoms with E-state index in [-0.39, 0.29) is 0 Å². The fraction of sp³-hybridized carbons (Fsp3) is 0.714. The Bertz CT molecular complexity index is 174. The maximum absolute atomic E-state index is 10.9. The number of rotatable bonds is 2. The summed E-state index contributed by atoms with van der Waals surface area (Å²) in [5.41, 5.74) is 4.54. The van der Waals surface area contributed by atoms with Gasteiger partial charge < -0.3 is 10.5 Å². The molecule has 0 heterocycles. The first-order valence-electron chi connectivity index (χ1n) is 3.55. The van der Waals surface area contributed by atoms with Crippen LogP contribution in [0.3, 0.4) is 0 Å². The predicted molar refractivity (Wildman–Crippen MR) is 43.4 cm³/mol. The molecule has 0 aliphatic rings. The number of amides is 1. The van der Waals surface area contributed by atoms with Gasteiger partial charge in [-0.1, -0.05) is 0 Å². The van der Waals surface area contributed by atoms with E-state index in [1.54, 1.807) is 20.8 Å². The van der Waals surface area contributed by atoms with Crippen LogP contribution in [0.1, 0.15) is 20.8 Å². The predicted octanol–water partition coefficient (Wildman–Crippen LogP) is -0.00520. The van der Waals surface area contributed by atoms with Crippen LogP contribution >= 0.6 is 0 Å². The Morgan fingerprint density at radius 3 is 2.42 bits per heavy atom. The van der Waals surface area contributed by atoms with Crippen LogP contribution in [0.25, 0.3) is 0 Å². The van der Waals surface area contributed by atoms with E-state index in [2.05, 4.69) is 5.32 Å². The molecule has 0 saturated heterocycles. The summed E-state index contributed by atoms with van der Waals surface area (Å²) in [5.74, 6) is 0. The lowest BCUT2D eigenvalue weighted by molar-refractivity contribution is -0.109. The Labute approximate surface area is 71.3 Å². The van der Waals surface area contributed by atoms with Crippen molar-refractivity contribution in [1.29, 1.82) is 0 Å². The van der Waals surface area contributed by atoms with Gasteiger partial charge in [0.15, 0.2) is 6.29 Å². The second-order valence-electron chi connectivity index (χ2n) is 3.31. The smallest absolute Gasteiger partial charge is 0.409 e. The number of nitrogens with two attached hydrogens (primary N) is 1. The number of aldehydes is 1. The van der Waals surface area contributed by atoms with Crippen LogP contribution in [0.2, 0.25) is 0 Å². The number of nitrogens with one attached hydrogen (secondary N) is 1. The highest BCUT2D eigenvalue weighted by atomic mass is 16.6. The van der Waals surface area contributed by atoms with E-state index in [1.165, 1.54) is 0 Å². The molecule has 0 spiro atoms. The first-order valence-corrected chi connectivity index (χ1v) is 3.55. The molecule has 0 radical (unpaired) electrons. The van der Waals surface area contributed by atoms with Crippen molar-refractivity contribution >= 4 is 12.4 Å². The molecule has 0 fully saturated rings. The van der Waals surface area contributed by atoms with Gasteiger partial charge in [0.25, 0.3) is 0 Å². The third-order valence-electron chi connectivity index (χ3n) is 0.830. The molecule has 1 unspecified atom stereocenters. The van der Waals surface area contributed by atoms with E-state index >= 15 is 0 Å². The molecule has 0 aromatic carbocycles. The summed E-state index contributed by atoms with van der Waals surface area (Å²) in [4.78, 5) is 20.9. The molecule has 3 N–H and O–H groups in total. The average Bonchev–Trinajstić information content (AvgIpc) is 1.82. The molecule has 5 heteroatoms. The second-order valence-corrected chi connectivity index (χ2v) is 3.31. The van der Waals surface area contributed by atoms with E-state index in [1.807, 2.05) is 0 Å². The van der Waals surface area contributed by atoms with Gasteiger partial charge in [-0.3, -0.25) is 10.1 Å². The molecule has 0 aliphatic carbocycles. The number of hydrogen-bond donors (Lipinski definition) is 2. The lowest BCUT2D eigenvalue weighted by Gasteiger charge is -2.20. The van der Waals surface area contributed by atoms with Crippen LogP contribution in [0.5, 0.6) is 0 Å². The topological polar surface area (TPSA) is 81.4 Å². The minimum absolute atomic E-state index is 0.421. The zero-order chi connectivity index (χ0) is 9.78. The summed E-state index contributed by atoms with van der Waals surface area (Å²) in [6.07, 6.45) is -1.27. The van der Waals surface area contributed by atoms with Gasteiger partial charge in [0.2, 0.25) is 0 Å². The van der Waals surface area contributed by atoms with Gasteiger partial charge in [0, 0.05) is 0 Å². The Morgan fingerprint density at radius 1 is 1.58 bits per heavy atom. The minimum atomic E-state index is -1.00. The maximum Gasteiger partial charge on any atom is 0.409 e. The number of hydrogen-bond acceptors (Lipinski definition) is 4. The monoisotopic (exact) mass is 174 g/mol. The molecule has 12 heavy (non-hydrogen) atoms. The molecule has 1 atom stereocenters. The van der Waals surface area contributed by atoms with Crippen molar-refractivity contribution in [1.82, 2.24) is 5.32 Å². The van der Waals surface area contributed by atoms with E-state index < -0.39 is 17.9 Å². The Balaban J connectivity index is 3.82. The minimum Gasteiger partial charge on any atom is -0.444 e. The molecule has 70 valence electrons. The summed E-state index contributed by atoms with van der Waals surface area (Å²) in [7, 11) is 0. The molecule has 0 saturated carbocycles. The van der Waals surface area contributed by atoms with Crippen LogP contribution in [0.15, 0.2) is 0 Å². The van der Waals surface area contributed by atoms with Gasteiger partial charge >= 0.3 is 6.09 Å². The molecule has 0 bridgehead atoms. The quantitative estimate of drug-likeness (QED) is 0.456. The van der Waals surface area contributed by atoms with Crippen LogP contribution in [0.4, 0.5) is 4.79 Å². The number of alkyl carbamates (subject to hydrolysis) is 1. The van der Waals surface area contributed by atoms with Crippen molar-refractivity contribution in [3.8, 4) is 0 Å². The van der Waals surface area contributed by atoms with E-state index in [0.717, 1.165) is 0 Å². The third-order valence-corrected chi connectivity index (χ3v) is 0.830. The van der Waals surface area contributed by atoms with Crippen LogP contribution in [-0.2, 0) is 9.53 Å². The van der Waals surface area contributed by atoms with Crippen molar-refractivity contribution < 1.29 is 14.3 Å². The highest BCUT2D eigenvalue weighted by molar-refractivity contribution is 5.72. The van der Waals surface area contributed by atoms with Crippen molar-refractivity contribution in [3.63, 3.8) is 0 Å². The first kappa shape index (κ1) is 10.9. The first-order chi connectivity index (χ1) is 5.35. The van der Waals surface area contributed by atoms with Gasteiger partial charge in [0.1, 0.15) is 11.8 Å². The standard InChI is InChI=1S/C7H14N2O3/c1-7(2,3)12-6(11)9-5(8)4-10/h4-5H,8H2,1-3H3,(H,9,11). The van der Waals surface area contributed by atoms with Crippen molar-refractivity contribution in [3.05, 3.63) is 0 Å². The van der Waals surface area contributed by atoms with E-state index in [0.29, 0.717) is 6.29 Å². The normalized spacial score (nSPS) is 13.3. The number of carbonyl (C=O) groups excluding carboxylic acids is 2. The van der Waals surface area contributed by atoms with E-state index in [4.69, 9.17) is 10.5 Å². The highest BCUT2D eigenvalue weighted by Gasteiger charge is 2.17.